The molecule has 2 aromatic carbocycles. The Hall–Kier alpha value is -2.36. The van der Waals surface area contributed by atoms with Gasteiger partial charge in [0.2, 0.25) is 0 Å². The van der Waals surface area contributed by atoms with Crippen molar-refractivity contribution < 1.29 is 14.6 Å². The molecular formula is C15H16NO3. The molecule has 0 aliphatic carbocycles. The molecule has 0 heterocycles. The van der Waals surface area contributed by atoms with Crippen molar-refractivity contribution >= 4 is 5.69 Å². The van der Waals surface area contributed by atoms with Gasteiger partial charge in [-0.1, -0.05) is 18.2 Å². The van der Waals surface area contributed by atoms with E-state index in [0.29, 0.717) is 18.0 Å². The van der Waals surface area contributed by atoms with Crippen LogP contribution < -0.4 is 14.8 Å². The van der Waals surface area contributed by atoms with Crippen molar-refractivity contribution in [3.8, 4) is 17.2 Å². The summed E-state index contributed by atoms with van der Waals surface area (Å²) in [6, 6.07) is 12.4. The first-order valence-corrected chi connectivity index (χ1v) is 5.95. The summed E-state index contributed by atoms with van der Waals surface area (Å²) in [4.78, 5) is 0. The van der Waals surface area contributed by atoms with Crippen LogP contribution in [0, 0.1) is 0 Å². The minimum atomic E-state index is 0.0164. The van der Waals surface area contributed by atoms with Crippen molar-refractivity contribution in [2.75, 3.05) is 19.5 Å². The normalized spacial score (nSPS) is 10.0. The topological polar surface area (TPSA) is 50.4 Å². The van der Waals surface area contributed by atoms with Crippen molar-refractivity contribution in [1.82, 2.24) is 0 Å². The fourth-order valence-corrected chi connectivity index (χ4v) is 1.83. The van der Waals surface area contributed by atoms with Crippen LogP contribution in [0.25, 0.3) is 0 Å². The quantitative estimate of drug-likeness (QED) is 0.893. The first-order valence-electron chi connectivity index (χ1n) is 5.95. The van der Waals surface area contributed by atoms with Gasteiger partial charge in [0.25, 0.3) is 0 Å². The lowest BCUT2D eigenvalue weighted by Crippen LogP contribution is -2.02. The molecule has 19 heavy (non-hydrogen) atoms. The van der Waals surface area contributed by atoms with E-state index in [2.05, 4.69) is 5.32 Å². The molecule has 0 aliphatic rings. The van der Waals surface area contributed by atoms with Crippen molar-refractivity contribution in [2.45, 2.75) is 6.54 Å². The lowest BCUT2D eigenvalue weighted by atomic mass is 10.2. The van der Waals surface area contributed by atoms with Crippen LogP contribution in [0.1, 0.15) is 5.56 Å². The van der Waals surface area contributed by atoms with Gasteiger partial charge >= 0.3 is 0 Å². The second kappa shape index (κ2) is 6.00. The monoisotopic (exact) mass is 258 g/mol. The van der Waals surface area contributed by atoms with Crippen molar-refractivity contribution in [1.29, 1.82) is 0 Å². The maximum Gasteiger partial charge on any atom is 0.183 e. The van der Waals surface area contributed by atoms with E-state index in [4.69, 9.17) is 9.47 Å². The van der Waals surface area contributed by atoms with Gasteiger partial charge in [-0.05, 0) is 29.8 Å². The SMILES string of the molecule is COc1cccc(NCc2ccc([O])cc2)c1OC. The summed E-state index contributed by atoms with van der Waals surface area (Å²) < 4.78 is 10.6. The highest BCUT2D eigenvalue weighted by Gasteiger charge is 2.08. The summed E-state index contributed by atoms with van der Waals surface area (Å²) >= 11 is 0. The molecule has 0 fully saturated rings. The van der Waals surface area contributed by atoms with Crippen LogP contribution in [0.2, 0.25) is 0 Å². The van der Waals surface area contributed by atoms with Gasteiger partial charge in [-0.2, -0.15) is 0 Å². The first-order chi connectivity index (χ1) is 9.24. The highest BCUT2D eigenvalue weighted by molar-refractivity contribution is 5.63. The Morgan fingerprint density at radius 1 is 1.00 bits per heavy atom. The van der Waals surface area contributed by atoms with E-state index >= 15 is 0 Å². The van der Waals surface area contributed by atoms with E-state index < -0.39 is 0 Å². The van der Waals surface area contributed by atoms with E-state index in [-0.39, 0.29) is 5.75 Å². The molecular weight excluding hydrogens is 242 g/mol. The average molecular weight is 258 g/mol. The molecule has 0 atom stereocenters. The highest BCUT2D eigenvalue weighted by atomic mass is 16.5. The van der Waals surface area contributed by atoms with Crippen LogP contribution in [0.5, 0.6) is 17.2 Å². The summed E-state index contributed by atoms with van der Waals surface area (Å²) in [5.74, 6) is 1.37. The maximum absolute atomic E-state index is 11.0. The van der Waals surface area contributed by atoms with Gasteiger partial charge < -0.3 is 14.8 Å². The molecule has 4 heteroatoms. The van der Waals surface area contributed by atoms with Crippen LogP contribution in [0.4, 0.5) is 5.69 Å². The Bertz CT molecular complexity index is 538. The molecule has 4 nitrogen and oxygen atoms in total. The van der Waals surface area contributed by atoms with Crippen LogP contribution >= 0.6 is 0 Å². The molecule has 99 valence electrons. The summed E-state index contributed by atoms with van der Waals surface area (Å²) in [5, 5.41) is 14.3. The molecule has 0 spiro atoms. The molecule has 2 aromatic rings. The lowest BCUT2D eigenvalue weighted by molar-refractivity contribution is 0.354. The van der Waals surface area contributed by atoms with Crippen LogP contribution in [0.3, 0.4) is 0 Å². The van der Waals surface area contributed by atoms with Crippen LogP contribution in [-0.4, -0.2) is 14.2 Å². The molecule has 0 aliphatic heterocycles. The van der Waals surface area contributed by atoms with Gasteiger partial charge in [-0.25, -0.2) is 0 Å². The zero-order chi connectivity index (χ0) is 13.7. The van der Waals surface area contributed by atoms with E-state index in [1.54, 1.807) is 26.4 Å². The number of rotatable bonds is 5. The summed E-state index contributed by atoms with van der Waals surface area (Å²) in [7, 11) is 3.21. The van der Waals surface area contributed by atoms with E-state index in [0.717, 1.165) is 11.3 Å². The number of hydrogen-bond donors (Lipinski definition) is 1. The molecule has 0 aromatic heterocycles. The van der Waals surface area contributed by atoms with Gasteiger partial charge in [-0.3, -0.25) is 5.11 Å². The maximum atomic E-state index is 11.0. The van der Waals surface area contributed by atoms with Gasteiger partial charge in [0, 0.05) is 6.54 Å². The van der Waals surface area contributed by atoms with Crippen LogP contribution in [0.15, 0.2) is 42.5 Å². The number of methoxy groups -OCH3 is 2. The molecule has 1 radical (unpaired) electrons. The second-order valence-electron chi connectivity index (χ2n) is 4.04. The molecule has 0 saturated heterocycles. The standard InChI is InChI=1S/C15H16NO3/c1-18-14-5-3-4-13(15(14)19-2)16-10-11-6-8-12(17)9-7-11/h3-9,16H,10H2,1-2H3. The minimum Gasteiger partial charge on any atom is -0.493 e. The average Bonchev–Trinajstić information content (AvgIpc) is 2.46. The summed E-state index contributed by atoms with van der Waals surface area (Å²) in [6.45, 7) is 0.615. The Labute approximate surface area is 112 Å². The van der Waals surface area contributed by atoms with Crippen molar-refractivity contribution in [3.63, 3.8) is 0 Å². The zero-order valence-electron chi connectivity index (χ0n) is 11.0. The van der Waals surface area contributed by atoms with Gasteiger partial charge in [-0.15, -0.1) is 0 Å². The number of ether oxygens (including phenoxy) is 2. The third-order valence-electron chi connectivity index (χ3n) is 2.81. The predicted molar refractivity (Wildman–Crippen MR) is 73.4 cm³/mol. The third kappa shape index (κ3) is 3.10. The molecule has 0 amide bonds. The predicted octanol–water partition coefficient (Wildman–Crippen LogP) is 3.46. The second-order valence-corrected chi connectivity index (χ2v) is 4.04. The van der Waals surface area contributed by atoms with E-state index in [1.807, 2.05) is 30.3 Å². The smallest absolute Gasteiger partial charge is 0.183 e. The molecule has 2 rings (SSSR count). The van der Waals surface area contributed by atoms with Crippen molar-refractivity contribution in [2.24, 2.45) is 0 Å². The van der Waals surface area contributed by atoms with Crippen molar-refractivity contribution in [3.05, 3.63) is 48.0 Å². The summed E-state index contributed by atoms with van der Waals surface area (Å²) in [5.41, 5.74) is 1.89. The number of nitrogens with one attached hydrogen (secondary N) is 1. The minimum absolute atomic E-state index is 0.0164. The van der Waals surface area contributed by atoms with Crippen LogP contribution in [-0.2, 0) is 11.7 Å². The fraction of sp³-hybridized carbons (Fsp3) is 0.200. The fourth-order valence-electron chi connectivity index (χ4n) is 1.83. The molecule has 1 N–H and O–H groups in total. The Kier molecular flexibility index (Phi) is 4.13. The first kappa shape index (κ1) is 13.1. The number of para-hydroxylation sites is 1. The lowest BCUT2D eigenvalue weighted by Gasteiger charge is -2.14. The van der Waals surface area contributed by atoms with Gasteiger partial charge in [0.05, 0.1) is 19.9 Å². The largest absolute Gasteiger partial charge is 0.493 e. The Balaban J connectivity index is 2.13. The number of hydrogen-bond acceptors (Lipinski definition) is 3. The number of anilines is 1. The molecule has 0 saturated carbocycles. The van der Waals surface area contributed by atoms with Gasteiger partial charge in [0.15, 0.2) is 17.2 Å². The highest BCUT2D eigenvalue weighted by Crippen LogP contribution is 2.34. The van der Waals surface area contributed by atoms with E-state index in [1.165, 1.54) is 0 Å². The number of benzene rings is 2. The third-order valence-corrected chi connectivity index (χ3v) is 2.81. The molecule has 0 bridgehead atoms. The molecule has 0 unspecified atom stereocenters. The summed E-state index contributed by atoms with van der Waals surface area (Å²) in [6.07, 6.45) is 0. The van der Waals surface area contributed by atoms with Gasteiger partial charge in [0.1, 0.15) is 0 Å². The Morgan fingerprint density at radius 3 is 2.37 bits per heavy atom. The zero-order valence-corrected chi connectivity index (χ0v) is 11.0. The Morgan fingerprint density at radius 2 is 1.74 bits per heavy atom. The van der Waals surface area contributed by atoms with E-state index in [9.17, 15) is 5.11 Å².